The lowest BCUT2D eigenvalue weighted by Crippen LogP contribution is -2.34. The number of rotatable bonds is 6. The van der Waals surface area contributed by atoms with Crippen molar-refractivity contribution < 1.29 is 19.5 Å². The largest absolute Gasteiger partial charge is 0.481 e. The van der Waals surface area contributed by atoms with Crippen LogP contribution >= 0.6 is 11.3 Å². The zero-order chi connectivity index (χ0) is 14.3. The molecule has 9 heteroatoms. The molecule has 0 fully saturated rings. The van der Waals surface area contributed by atoms with Crippen molar-refractivity contribution in [2.75, 3.05) is 5.32 Å². The second-order valence-corrected chi connectivity index (χ2v) is 4.67. The number of nitrogens with zero attached hydrogens (tertiary/aromatic N) is 2. The monoisotopic (exact) mass is 286 g/mol. The number of aromatic nitrogens is 2. The van der Waals surface area contributed by atoms with E-state index in [0.29, 0.717) is 5.13 Å². The van der Waals surface area contributed by atoms with Gasteiger partial charge in [-0.2, -0.15) is 0 Å². The number of amides is 3. The third kappa shape index (κ3) is 5.91. The molecule has 0 saturated carbocycles. The van der Waals surface area contributed by atoms with Crippen LogP contribution in [0.2, 0.25) is 0 Å². The number of carbonyl (C=O) groups excluding carboxylic acids is 2. The van der Waals surface area contributed by atoms with Crippen LogP contribution in [0, 0.1) is 0 Å². The molecule has 1 aromatic rings. The Labute approximate surface area is 113 Å². The zero-order valence-electron chi connectivity index (χ0n) is 10.3. The van der Waals surface area contributed by atoms with Gasteiger partial charge in [0.15, 0.2) is 0 Å². The van der Waals surface area contributed by atoms with Crippen molar-refractivity contribution in [1.29, 1.82) is 0 Å². The predicted molar refractivity (Wildman–Crippen MR) is 67.9 cm³/mol. The van der Waals surface area contributed by atoms with E-state index >= 15 is 0 Å². The molecule has 8 nitrogen and oxygen atoms in total. The molecule has 0 atom stereocenters. The molecule has 0 bridgehead atoms. The quantitative estimate of drug-likeness (QED) is 0.717. The average molecular weight is 286 g/mol. The third-order valence-corrected chi connectivity index (χ3v) is 3.02. The van der Waals surface area contributed by atoms with Gasteiger partial charge in [0, 0.05) is 12.8 Å². The highest BCUT2D eigenvalue weighted by Crippen LogP contribution is 2.14. The van der Waals surface area contributed by atoms with E-state index in [4.69, 9.17) is 5.11 Å². The van der Waals surface area contributed by atoms with Crippen LogP contribution in [0.3, 0.4) is 0 Å². The Kier molecular flexibility index (Phi) is 5.86. The molecule has 1 rings (SSSR count). The summed E-state index contributed by atoms with van der Waals surface area (Å²) in [5, 5.41) is 21.5. The molecule has 0 spiro atoms. The lowest BCUT2D eigenvalue weighted by Gasteiger charge is -2.02. The average Bonchev–Trinajstić information content (AvgIpc) is 2.75. The molecule has 0 saturated heterocycles. The number of nitrogens with one attached hydrogen (secondary N) is 2. The summed E-state index contributed by atoms with van der Waals surface area (Å²) in [4.78, 5) is 32.9. The number of urea groups is 1. The van der Waals surface area contributed by atoms with Crippen LogP contribution in [-0.2, 0) is 16.0 Å². The first-order valence-electron chi connectivity index (χ1n) is 5.66. The van der Waals surface area contributed by atoms with Crippen LogP contribution in [-0.4, -0.2) is 33.2 Å². The number of hydrogen-bond acceptors (Lipinski definition) is 6. The minimum atomic E-state index is -0.974. The smallest absolute Gasteiger partial charge is 0.327 e. The Balaban J connectivity index is 2.30. The predicted octanol–water partition coefficient (Wildman–Crippen LogP) is 1.00. The van der Waals surface area contributed by atoms with E-state index < -0.39 is 17.9 Å². The molecular formula is C10H14N4O4S. The first-order valence-corrected chi connectivity index (χ1v) is 6.48. The van der Waals surface area contributed by atoms with Crippen molar-refractivity contribution in [3.63, 3.8) is 0 Å². The number of aryl methyl sites for hydroxylation is 1. The minimum Gasteiger partial charge on any atom is -0.481 e. The highest BCUT2D eigenvalue weighted by atomic mass is 32.1. The van der Waals surface area contributed by atoms with Crippen LogP contribution in [0.5, 0.6) is 0 Å². The van der Waals surface area contributed by atoms with E-state index in [1.54, 1.807) is 0 Å². The summed E-state index contributed by atoms with van der Waals surface area (Å²) in [6, 6.07) is -0.695. The van der Waals surface area contributed by atoms with E-state index in [1.165, 1.54) is 11.3 Å². The zero-order valence-corrected chi connectivity index (χ0v) is 11.1. The molecule has 0 aliphatic heterocycles. The van der Waals surface area contributed by atoms with Gasteiger partial charge in [-0.1, -0.05) is 18.3 Å². The molecule has 0 radical (unpaired) electrons. The summed E-state index contributed by atoms with van der Waals surface area (Å²) in [6.45, 7) is 1.91. The molecule has 1 aromatic heterocycles. The first-order chi connectivity index (χ1) is 9.01. The van der Waals surface area contributed by atoms with E-state index in [-0.39, 0.29) is 19.3 Å². The van der Waals surface area contributed by atoms with Crippen molar-refractivity contribution in [3.8, 4) is 0 Å². The number of imide groups is 1. The number of carbonyl (C=O) groups is 3. The Bertz CT molecular complexity index is 474. The van der Waals surface area contributed by atoms with Crippen molar-refractivity contribution in [2.45, 2.75) is 32.6 Å². The van der Waals surface area contributed by atoms with Gasteiger partial charge in [0.1, 0.15) is 5.01 Å². The van der Waals surface area contributed by atoms with Crippen LogP contribution in [0.15, 0.2) is 0 Å². The summed E-state index contributed by atoms with van der Waals surface area (Å²) >= 11 is 1.23. The van der Waals surface area contributed by atoms with Gasteiger partial charge < -0.3 is 5.11 Å². The van der Waals surface area contributed by atoms with Crippen molar-refractivity contribution >= 4 is 34.4 Å². The lowest BCUT2D eigenvalue weighted by molar-refractivity contribution is -0.137. The Morgan fingerprint density at radius 3 is 2.58 bits per heavy atom. The third-order valence-electron chi connectivity index (χ3n) is 2.04. The fraction of sp³-hybridized carbons (Fsp3) is 0.500. The maximum Gasteiger partial charge on any atom is 0.327 e. The normalized spacial score (nSPS) is 9.95. The van der Waals surface area contributed by atoms with Gasteiger partial charge in [-0.25, -0.2) is 4.79 Å². The molecule has 0 aliphatic carbocycles. The molecule has 0 aromatic carbocycles. The van der Waals surface area contributed by atoms with Gasteiger partial charge in [0.05, 0.1) is 0 Å². The van der Waals surface area contributed by atoms with E-state index in [2.05, 4.69) is 20.8 Å². The minimum absolute atomic E-state index is 0.0178. The molecule has 19 heavy (non-hydrogen) atoms. The number of hydrogen-bond donors (Lipinski definition) is 3. The summed E-state index contributed by atoms with van der Waals surface area (Å²) in [5.74, 6) is -1.50. The fourth-order valence-electron chi connectivity index (χ4n) is 1.16. The van der Waals surface area contributed by atoms with Gasteiger partial charge >= 0.3 is 12.0 Å². The molecular weight excluding hydrogens is 272 g/mol. The van der Waals surface area contributed by atoms with Gasteiger partial charge in [-0.05, 0) is 12.8 Å². The van der Waals surface area contributed by atoms with E-state index in [9.17, 15) is 14.4 Å². The maximum atomic E-state index is 11.4. The molecule has 0 aliphatic rings. The van der Waals surface area contributed by atoms with Gasteiger partial charge in [-0.15, -0.1) is 10.2 Å². The number of anilines is 1. The molecule has 3 amide bonds. The summed E-state index contributed by atoms with van der Waals surface area (Å²) < 4.78 is 0. The van der Waals surface area contributed by atoms with Gasteiger partial charge in [0.25, 0.3) is 0 Å². The molecule has 104 valence electrons. The second kappa shape index (κ2) is 7.41. The highest BCUT2D eigenvalue weighted by Gasteiger charge is 2.11. The van der Waals surface area contributed by atoms with E-state index in [0.717, 1.165) is 11.4 Å². The Morgan fingerprint density at radius 1 is 1.26 bits per heavy atom. The SMILES string of the molecule is CCc1nnc(NC(=O)NC(=O)CCCC(=O)O)s1. The van der Waals surface area contributed by atoms with Gasteiger partial charge in [-0.3, -0.25) is 20.2 Å². The molecule has 0 unspecified atom stereocenters. The van der Waals surface area contributed by atoms with Gasteiger partial charge in [0.2, 0.25) is 11.0 Å². The Hall–Kier alpha value is -2.03. The van der Waals surface area contributed by atoms with Crippen LogP contribution < -0.4 is 10.6 Å². The van der Waals surface area contributed by atoms with Crippen LogP contribution in [0.1, 0.15) is 31.2 Å². The molecule has 3 N–H and O–H groups in total. The van der Waals surface area contributed by atoms with Crippen molar-refractivity contribution in [3.05, 3.63) is 5.01 Å². The molecule has 1 heterocycles. The van der Waals surface area contributed by atoms with E-state index in [1.807, 2.05) is 6.92 Å². The van der Waals surface area contributed by atoms with Crippen molar-refractivity contribution in [1.82, 2.24) is 15.5 Å². The lowest BCUT2D eigenvalue weighted by atomic mass is 10.2. The van der Waals surface area contributed by atoms with Crippen LogP contribution in [0.25, 0.3) is 0 Å². The standard InChI is InChI=1S/C10H14N4O4S/c1-2-7-13-14-10(19-7)12-9(18)11-6(15)4-3-5-8(16)17/h2-5H2,1H3,(H,16,17)(H2,11,12,14,15,18). The number of aliphatic carboxylic acids is 1. The van der Waals surface area contributed by atoms with Crippen molar-refractivity contribution in [2.24, 2.45) is 0 Å². The summed E-state index contributed by atoms with van der Waals surface area (Å²) in [6.07, 6.45) is 0.781. The number of carboxylic acid groups (broad SMARTS) is 1. The first kappa shape index (κ1) is 15.0. The Morgan fingerprint density at radius 2 is 2.00 bits per heavy atom. The summed E-state index contributed by atoms with van der Waals surface area (Å²) in [5.41, 5.74) is 0. The summed E-state index contributed by atoms with van der Waals surface area (Å²) in [7, 11) is 0. The fourth-order valence-corrected chi connectivity index (χ4v) is 1.84. The highest BCUT2D eigenvalue weighted by molar-refractivity contribution is 7.15. The second-order valence-electron chi connectivity index (χ2n) is 3.60. The van der Waals surface area contributed by atoms with Crippen LogP contribution in [0.4, 0.5) is 9.93 Å². The number of carboxylic acids is 1. The topological polar surface area (TPSA) is 121 Å². The maximum absolute atomic E-state index is 11.4.